The summed E-state index contributed by atoms with van der Waals surface area (Å²) in [6.07, 6.45) is 2.34. The second-order valence-electron chi connectivity index (χ2n) is 6.47. The molecule has 0 saturated heterocycles. The molecule has 1 heterocycles. The van der Waals surface area contributed by atoms with E-state index >= 15 is 0 Å². The molecule has 1 aliphatic rings. The van der Waals surface area contributed by atoms with Gasteiger partial charge < -0.3 is 29.4 Å². The molecule has 27 heavy (non-hydrogen) atoms. The van der Waals surface area contributed by atoms with Crippen molar-refractivity contribution in [3.05, 3.63) is 41.9 Å². The Bertz CT molecular complexity index is 682. The van der Waals surface area contributed by atoms with Gasteiger partial charge >= 0.3 is 12.1 Å². The Kier molecular flexibility index (Phi) is 6.92. The summed E-state index contributed by atoms with van der Waals surface area (Å²) in [7, 11) is 0. The zero-order valence-electron chi connectivity index (χ0n) is 15.7. The van der Waals surface area contributed by atoms with E-state index in [2.05, 4.69) is 5.32 Å². The highest BCUT2D eigenvalue weighted by Crippen LogP contribution is 2.25. The van der Waals surface area contributed by atoms with Crippen LogP contribution in [0.25, 0.3) is 0 Å². The summed E-state index contributed by atoms with van der Waals surface area (Å²) in [6.45, 7) is 5.98. The standard InChI is InChI=1S/C19H25NO7/c1-4-5-10-24-18(23)20-16(17(21)22)13-6-8-14(9-7-13)25-11-15-12-26-19(2,3)27-15/h6-9,12,16H,4-5,10-11H2,1-3H3,(H,20,23)(H,21,22)/t16-/m0/s1. The third-order valence-electron chi connectivity index (χ3n) is 3.69. The highest BCUT2D eigenvalue weighted by molar-refractivity contribution is 5.81. The molecule has 1 aromatic rings. The van der Waals surface area contributed by atoms with Crippen molar-refractivity contribution in [1.82, 2.24) is 5.32 Å². The van der Waals surface area contributed by atoms with E-state index in [0.29, 0.717) is 17.1 Å². The van der Waals surface area contributed by atoms with Crippen LogP contribution in [0.2, 0.25) is 0 Å². The van der Waals surface area contributed by atoms with E-state index in [4.69, 9.17) is 18.9 Å². The number of carboxylic acids is 1. The zero-order chi connectivity index (χ0) is 19.9. The number of carboxylic acid groups (broad SMARTS) is 1. The number of benzene rings is 1. The molecule has 0 fully saturated rings. The van der Waals surface area contributed by atoms with Crippen LogP contribution < -0.4 is 10.1 Å². The van der Waals surface area contributed by atoms with Crippen molar-refractivity contribution in [2.75, 3.05) is 13.2 Å². The molecule has 0 unspecified atom stereocenters. The third-order valence-corrected chi connectivity index (χ3v) is 3.69. The van der Waals surface area contributed by atoms with Gasteiger partial charge in [0.05, 0.1) is 6.61 Å². The summed E-state index contributed by atoms with van der Waals surface area (Å²) in [4.78, 5) is 23.2. The van der Waals surface area contributed by atoms with Crippen LogP contribution in [0.5, 0.6) is 5.75 Å². The fourth-order valence-corrected chi connectivity index (χ4v) is 2.30. The van der Waals surface area contributed by atoms with E-state index in [1.54, 1.807) is 38.1 Å². The first-order valence-electron chi connectivity index (χ1n) is 8.75. The summed E-state index contributed by atoms with van der Waals surface area (Å²) in [5, 5.41) is 11.7. The molecular weight excluding hydrogens is 354 g/mol. The molecule has 2 N–H and O–H groups in total. The predicted molar refractivity (Wildman–Crippen MR) is 96.0 cm³/mol. The Balaban J connectivity index is 1.90. The van der Waals surface area contributed by atoms with E-state index in [-0.39, 0.29) is 13.2 Å². The molecule has 0 saturated carbocycles. The third kappa shape index (κ3) is 6.40. The number of hydrogen-bond acceptors (Lipinski definition) is 6. The molecule has 148 valence electrons. The first-order chi connectivity index (χ1) is 12.8. The van der Waals surface area contributed by atoms with Crippen molar-refractivity contribution < 1.29 is 33.6 Å². The minimum Gasteiger partial charge on any atom is -0.486 e. The number of nitrogens with one attached hydrogen (secondary N) is 1. The predicted octanol–water partition coefficient (Wildman–Crippen LogP) is 3.34. The second kappa shape index (κ2) is 9.16. The van der Waals surface area contributed by atoms with Gasteiger partial charge in [-0.15, -0.1) is 0 Å². The molecule has 1 aromatic carbocycles. The van der Waals surface area contributed by atoms with Crippen LogP contribution >= 0.6 is 0 Å². The van der Waals surface area contributed by atoms with Gasteiger partial charge in [-0.25, -0.2) is 9.59 Å². The van der Waals surface area contributed by atoms with Crippen LogP contribution in [-0.4, -0.2) is 36.2 Å². The summed E-state index contributed by atoms with van der Waals surface area (Å²) in [5.74, 6) is -0.791. The van der Waals surface area contributed by atoms with Gasteiger partial charge in [0.1, 0.15) is 18.6 Å². The van der Waals surface area contributed by atoms with Gasteiger partial charge in [-0.05, 0) is 24.1 Å². The number of ether oxygens (including phenoxy) is 4. The lowest BCUT2D eigenvalue weighted by molar-refractivity contribution is -0.139. The summed E-state index contributed by atoms with van der Waals surface area (Å²) in [6, 6.07) is 5.19. The lowest BCUT2D eigenvalue weighted by Crippen LogP contribution is -2.34. The molecule has 0 bridgehead atoms. The molecular formula is C19H25NO7. The van der Waals surface area contributed by atoms with E-state index < -0.39 is 23.9 Å². The molecule has 1 atom stereocenters. The van der Waals surface area contributed by atoms with Crippen molar-refractivity contribution in [2.24, 2.45) is 0 Å². The Labute approximate surface area is 158 Å². The maximum Gasteiger partial charge on any atom is 0.408 e. The normalized spacial score (nSPS) is 15.7. The maximum atomic E-state index is 11.7. The number of alkyl carbamates (subject to hydrolysis) is 1. The minimum absolute atomic E-state index is 0.188. The van der Waals surface area contributed by atoms with Crippen molar-refractivity contribution >= 4 is 12.1 Å². The minimum atomic E-state index is -1.21. The molecule has 8 nitrogen and oxygen atoms in total. The summed E-state index contributed by atoms with van der Waals surface area (Å²) in [5.41, 5.74) is 0.406. The van der Waals surface area contributed by atoms with Crippen molar-refractivity contribution in [2.45, 2.75) is 45.4 Å². The number of amides is 1. The monoisotopic (exact) mass is 379 g/mol. The lowest BCUT2D eigenvalue weighted by atomic mass is 10.1. The molecule has 0 aromatic heterocycles. The largest absolute Gasteiger partial charge is 0.486 e. The van der Waals surface area contributed by atoms with Gasteiger partial charge in [0, 0.05) is 13.8 Å². The van der Waals surface area contributed by atoms with Crippen LogP contribution in [0.4, 0.5) is 4.79 Å². The van der Waals surface area contributed by atoms with Gasteiger partial charge in [-0.3, -0.25) is 0 Å². The van der Waals surface area contributed by atoms with Crippen molar-refractivity contribution in [3.63, 3.8) is 0 Å². The highest BCUT2D eigenvalue weighted by Gasteiger charge is 2.28. The Morgan fingerprint density at radius 2 is 1.96 bits per heavy atom. The van der Waals surface area contributed by atoms with E-state index in [1.165, 1.54) is 6.26 Å². The first-order valence-corrected chi connectivity index (χ1v) is 8.75. The molecule has 0 radical (unpaired) electrons. The molecule has 8 heteroatoms. The Morgan fingerprint density at radius 3 is 2.52 bits per heavy atom. The van der Waals surface area contributed by atoms with Crippen LogP contribution in [0, 0.1) is 0 Å². The number of unbranched alkanes of at least 4 members (excludes halogenated alkanes) is 1. The first kappa shape index (κ1) is 20.4. The zero-order valence-corrected chi connectivity index (χ0v) is 15.7. The number of carbonyl (C=O) groups excluding carboxylic acids is 1. The lowest BCUT2D eigenvalue weighted by Gasteiger charge is -2.18. The van der Waals surface area contributed by atoms with Crippen LogP contribution in [0.15, 0.2) is 36.3 Å². The topological polar surface area (TPSA) is 103 Å². The average Bonchev–Trinajstić information content (AvgIpc) is 2.97. The highest BCUT2D eigenvalue weighted by atomic mass is 16.7. The van der Waals surface area contributed by atoms with Gasteiger partial charge in [-0.1, -0.05) is 25.5 Å². The number of hydrogen-bond donors (Lipinski definition) is 2. The van der Waals surface area contributed by atoms with E-state index in [1.807, 2.05) is 6.92 Å². The van der Waals surface area contributed by atoms with Crippen LogP contribution in [0.1, 0.15) is 45.2 Å². The maximum absolute atomic E-state index is 11.7. The van der Waals surface area contributed by atoms with Gasteiger partial charge in [0.15, 0.2) is 11.8 Å². The number of aliphatic carboxylic acids is 1. The van der Waals surface area contributed by atoms with Crippen LogP contribution in [-0.2, 0) is 19.0 Å². The van der Waals surface area contributed by atoms with Gasteiger partial charge in [0.2, 0.25) is 5.79 Å². The number of rotatable bonds is 9. The number of carbonyl (C=O) groups is 2. The fourth-order valence-electron chi connectivity index (χ4n) is 2.30. The molecule has 0 spiro atoms. The second-order valence-corrected chi connectivity index (χ2v) is 6.47. The fraction of sp³-hybridized carbons (Fsp3) is 0.474. The van der Waals surface area contributed by atoms with Crippen LogP contribution in [0.3, 0.4) is 0 Å². The van der Waals surface area contributed by atoms with Gasteiger partial charge in [-0.2, -0.15) is 0 Å². The smallest absolute Gasteiger partial charge is 0.408 e. The molecule has 1 aliphatic heterocycles. The summed E-state index contributed by atoms with van der Waals surface area (Å²) < 4.78 is 21.4. The average molecular weight is 379 g/mol. The Hall–Kier alpha value is -2.90. The van der Waals surface area contributed by atoms with Crippen molar-refractivity contribution in [3.8, 4) is 5.75 Å². The van der Waals surface area contributed by atoms with E-state index in [0.717, 1.165) is 12.8 Å². The molecule has 1 amide bonds. The SMILES string of the molecule is CCCCOC(=O)N[C@H](C(=O)O)c1ccc(OCC2=COC(C)(C)O2)cc1. The Morgan fingerprint density at radius 1 is 1.26 bits per heavy atom. The van der Waals surface area contributed by atoms with E-state index in [9.17, 15) is 14.7 Å². The quantitative estimate of drug-likeness (QED) is 0.634. The summed E-state index contributed by atoms with van der Waals surface area (Å²) >= 11 is 0. The van der Waals surface area contributed by atoms with Crippen molar-refractivity contribution in [1.29, 1.82) is 0 Å². The molecule has 0 aliphatic carbocycles. The molecule has 2 rings (SSSR count). The van der Waals surface area contributed by atoms with Gasteiger partial charge in [0.25, 0.3) is 0 Å².